The molecule has 1 fully saturated rings. The van der Waals surface area contributed by atoms with Crippen LogP contribution in [-0.2, 0) is 0 Å². The number of hydrogen-bond donors (Lipinski definition) is 1. The Bertz CT molecular complexity index is 496. The van der Waals surface area contributed by atoms with Gasteiger partial charge in [-0.1, -0.05) is 17.7 Å². The molecular weight excluding hydrogens is 204 g/mol. The van der Waals surface area contributed by atoms with Crippen LogP contribution < -0.4 is 0 Å². The summed E-state index contributed by atoms with van der Waals surface area (Å²) >= 11 is 1.73. The molecule has 1 aromatic carbocycles. The van der Waals surface area contributed by atoms with Gasteiger partial charge in [-0.05, 0) is 43.2 Å². The van der Waals surface area contributed by atoms with Gasteiger partial charge in [0.2, 0.25) is 0 Å². The lowest BCUT2D eigenvalue weighted by Crippen LogP contribution is -1.95. The molecule has 1 N–H and O–H groups in total. The van der Waals surface area contributed by atoms with Gasteiger partial charge in [0.25, 0.3) is 0 Å². The van der Waals surface area contributed by atoms with Gasteiger partial charge < -0.3 is 5.11 Å². The van der Waals surface area contributed by atoms with E-state index in [1.54, 1.807) is 11.3 Å². The van der Waals surface area contributed by atoms with E-state index in [2.05, 4.69) is 31.2 Å². The normalized spacial score (nSPS) is 18.3. The van der Waals surface area contributed by atoms with Gasteiger partial charge in [-0.2, -0.15) is 0 Å². The van der Waals surface area contributed by atoms with Gasteiger partial charge >= 0.3 is 0 Å². The first-order valence-electron chi connectivity index (χ1n) is 5.42. The van der Waals surface area contributed by atoms with Crippen LogP contribution in [0.3, 0.4) is 0 Å². The summed E-state index contributed by atoms with van der Waals surface area (Å²) in [6, 6.07) is 8.62. The summed E-state index contributed by atoms with van der Waals surface area (Å²) in [7, 11) is 0. The number of benzene rings is 1. The fraction of sp³-hybridized carbons (Fsp3) is 0.385. The van der Waals surface area contributed by atoms with Crippen molar-refractivity contribution in [2.75, 3.05) is 0 Å². The van der Waals surface area contributed by atoms with Crippen LogP contribution in [0.1, 0.15) is 29.4 Å². The molecule has 15 heavy (non-hydrogen) atoms. The van der Waals surface area contributed by atoms with Crippen LogP contribution in [0.4, 0.5) is 0 Å². The quantitative estimate of drug-likeness (QED) is 0.815. The molecule has 1 unspecified atom stereocenters. The molecule has 2 heteroatoms. The lowest BCUT2D eigenvalue weighted by molar-refractivity contribution is 0.157. The molecule has 1 saturated carbocycles. The fourth-order valence-corrected chi connectivity index (χ4v) is 3.10. The third-order valence-corrected chi connectivity index (χ3v) is 4.24. The van der Waals surface area contributed by atoms with Crippen LogP contribution in [0, 0.1) is 12.8 Å². The average molecular weight is 218 g/mol. The van der Waals surface area contributed by atoms with Crippen molar-refractivity contribution in [1.82, 2.24) is 0 Å². The highest BCUT2D eigenvalue weighted by atomic mass is 32.1. The highest BCUT2D eigenvalue weighted by molar-refractivity contribution is 7.19. The van der Waals surface area contributed by atoms with E-state index in [9.17, 15) is 5.11 Å². The number of hydrogen-bond acceptors (Lipinski definition) is 2. The number of aliphatic hydroxyl groups excluding tert-OH is 1. The van der Waals surface area contributed by atoms with Gasteiger partial charge in [-0.15, -0.1) is 11.3 Å². The number of aliphatic hydroxyl groups is 1. The zero-order valence-corrected chi connectivity index (χ0v) is 9.55. The standard InChI is InChI=1S/C13H14OS/c1-8-2-5-11-10(6-8)7-12(15-11)13(14)9-3-4-9/h2,5-7,9,13-14H,3-4H2,1H3. The van der Waals surface area contributed by atoms with Gasteiger partial charge in [0.15, 0.2) is 0 Å². The van der Waals surface area contributed by atoms with E-state index in [1.165, 1.54) is 28.5 Å². The summed E-state index contributed by atoms with van der Waals surface area (Å²) in [6.45, 7) is 2.11. The maximum absolute atomic E-state index is 10.0. The zero-order valence-electron chi connectivity index (χ0n) is 8.73. The molecule has 1 atom stereocenters. The Kier molecular flexibility index (Phi) is 2.08. The van der Waals surface area contributed by atoms with Crippen molar-refractivity contribution in [3.8, 4) is 0 Å². The number of aryl methyl sites for hydroxylation is 1. The summed E-state index contributed by atoms with van der Waals surface area (Å²) in [4.78, 5) is 1.14. The maximum atomic E-state index is 10.0. The highest BCUT2D eigenvalue weighted by Crippen LogP contribution is 2.44. The fourth-order valence-electron chi connectivity index (χ4n) is 1.97. The molecule has 0 bridgehead atoms. The first kappa shape index (κ1) is 9.37. The monoisotopic (exact) mass is 218 g/mol. The highest BCUT2D eigenvalue weighted by Gasteiger charge is 2.31. The molecule has 3 rings (SSSR count). The minimum Gasteiger partial charge on any atom is -0.387 e. The Labute approximate surface area is 93.4 Å². The predicted molar refractivity (Wildman–Crippen MR) is 64.2 cm³/mol. The molecule has 78 valence electrons. The molecular formula is C13H14OS. The number of thiophene rings is 1. The smallest absolute Gasteiger partial charge is 0.0910 e. The second-order valence-corrected chi connectivity index (χ2v) is 5.59. The Morgan fingerprint density at radius 2 is 2.13 bits per heavy atom. The molecule has 0 saturated heterocycles. The first-order chi connectivity index (χ1) is 7.24. The van der Waals surface area contributed by atoms with Crippen molar-refractivity contribution in [2.45, 2.75) is 25.9 Å². The SMILES string of the molecule is Cc1ccc2sc(C(O)C3CC3)cc2c1. The molecule has 2 aromatic rings. The van der Waals surface area contributed by atoms with E-state index >= 15 is 0 Å². The van der Waals surface area contributed by atoms with E-state index in [4.69, 9.17) is 0 Å². The Morgan fingerprint density at radius 3 is 2.87 bits per heavy atom. The van der Waals surface area contributed by atoms with Crippen LogP contribution in [0.5, 0.6) is 0 Å². The maximum Gasteiger partial charge on any atom is 0.0910 e. The number of fused-ring (bicyclic) bond motifs is 1. The summed E-state index contributed by atoms with van der Waals surface area (Å²) < 4.78 is 1.29. The largest absolute Gasteiger partial charge is 0.387 e. The summed E-state index contributed by atoms with van der Waals surface area (Å²) in [5.74, 6) is 0.527. The summed E-state index contributed by atoms with van der Waals surface area (Å²) in [5, 5.41) is 11.3. The van der Waals surface area contributed by atoms with Crippen LogP contribution in [0.2, 0.25) is 0 Å². The van der Waals surface area contributed by atoms with Gasteiger partial charge in [0.05, 0.1) is 6.10 Å². The van der Waals surface area contributed by atoms with Crippen LogP contribution in [0.25, 0.3) is 10.1 Å². The molecule has 1 nitrogen and oxygen atoms in total. The molecule has 0 aliphatic heterocycles. The Morgan fingerprint density at radius 1 is 1.33 bits per heavy atom. The Hall–Kier alpha value is -0.860. The third-order valence-electron chi connectivity index (χ3n) is 3.05. The minimum absolute atomic E-state index is 0.220. The molecule has 0 amide bonds. The molecule has 1 aromatic heterocycles. The summed E-state index contributed by atoms with van der Waals surface area (Å²) in [6.07, 6.45) is 2.16. The van der Waals surface area contributed by atoms with Crippen molar-refractivity contribution in [1.29, 1.82) is 0 Å². The van der Waals surface area contributed by atoms with Gasteiger partial charge in [0, 0.05) is 9.58 Å². The number of rotatable bonds is 2. The van der Waals surface area contributed by atoms with E-state index < -0.39 is 0 Å². The van der Waals surface area contributed by atoms with Crippen molar-refractivity contribution < 1.29 is 5.11 Å². The second kappa shape index (κ2) is 3.32. The predicted octanol–water partition coefficient (Wildman–Crippen LogP) is 3.65. The molecule has 1 heterocycles. The van der Waals surface area contributed by atoms with Gasteiger partial charge in [0.1, 0.15) is 0 Å². The van der Waals surface area contributed by atoms with Crippen LogP contribution >= 0.6 is 11.3 Å². The molecule has 0 spiro atoms. The second-order valence-electron chi connectivity index (χ2n) is 4.47. The Balaban J connectivity index is 2.05. The summed E-state index contributed by atoms with van der Waals surface area (Å²) in [5.41, 5.74) is 1.28. The third kappa shape index (κ3) is 1.68. The molecule has 1 aliphatic rings. The minimum atomic E-state index is -0.220. The van der Waals surface area contributed by atoms with Gasteiger partial charge in [-0.25, -0.2) is 0 Å². The topological polar surface area (TPSA) is 20.2 Å². The lowest BCUT2D eigenvalue weighted by atomic mass is 10.1. The van der Waals surface area contributed by atoms with Crippen molar-refractivity contribution in [2.24, 2.45) is 5.92 Å². The van der Waals surface area contributed by atoms with Crippen molar-refractivity contribution >= 4 is 21.4 Å². The zero-order chi connectivity index (χ0) is 10.4. The first-order valence-corrected chi connectivity index (χ1v) is 6.24. The average Bonchev–Trinajstić information content (AvgIpc) is 2.97. The van der Waals surface area contributed by atoms with E-state index in [1.807, 2.05) is 0 Å². The van der Waals surface area contributed by atoms with Crippen molar-refractivity contribution in [3.05, 3.63) is 34.7 Å². The van der Waals surface area contributed by atoms with E-state index in [0.717, 1.165) is 4.88 Å². The van der Waals surface area contributed by atoms with E-state index in [-0.39, 0.29) is 6.10 Å². The molecule has 1 aliphatic carbocycles. The van der Waals surface area contributed by atoms with Gasteiger partial charge in [-0.3, -0.25) is 0 Å². The van der Waals surface area contributed by atoms with Crippen molar-refractivity contribution in [3.63, 3.8) is 0 Å². The van der Waals surface area contributed by atoms with Crippen LogP contribution in [-0.4, -0.2) is 5.11 Å². The van der Waals surface area contributed by atoms with E-state index in [0.29, 0.717) is 5.92 Å². The van der Waals surface area contributed by atoms with Crippen LogP contribution in [0.15, 0.2) is 24.3 Å². The molecule has 0 radical (unpaired) electrons. The lowest BCUT2D eigenvalue weighted by Gasteiger charge is -2.04.